The second-order valence-corrected chi connectivity index (χ2v) is 7.93. The van der Waals surface area contributed by atoms with Crippen molar-refractivity contribution in [1.29, 1.82) is 0 Å². The summed E-state index contributed by atoms with van der Waals surface area (Å²) < 4.78 is 0. The van der Waals surface area contributed by atoms with E-state index in [0.717, 1.165) is 19.3 Å². The summed E-state index contributed by atoms with van der Waals surface area (Å²) in [6.07, 6.45) is 10.4. The van der Waals surface area contributed by atoms with E-state index in [1.54, 1.807) is 0 Å². The molecular weight excluding hydrogens is 366 g/mol. The molecule has 2 rings (SSSR count). The number of benzene rings is 2. The molecule has 2 aromatic rings. The molecule has 0 amide bonds. The normalized spacial score (nSPS) is 13.0. The van der Waals surface area contributed by atoms with E-state index >= 15 is 0 Å². The number of aliphatic hydroxyl groups is 1. The third kappa shape index (κ3) is 7.95. The molecule has 3 heteroatoms. The Labute approximate surface area is 178 Å². The van der Waals surface area contributed by atoms with E-state index in [4.69, 9.17) is 5.73 Å². The number of hydrogen-bond acceptors (Lipinski definition) is 2. The van der Waals surface area contributed by atoms with Gasteiger partial charge >= 0.3 is 0 Å². The summed E-state index contributed by atoms with van der Waals surface area (Å²) in [5, 5.41) is 9.45. The molecule has 3 N–H and O–H groups in total. The topological polar surface area (TPSA) is 46.2 Å². The van der Waals surface area contributed by atoms with Crippen LogP contribution in [0.15, 0.2) is 48.5 Å². The Morgan fingerprint density at radius 1 is 0.750 bits per heavy atom. The van der Waals surface area contributed by atoms with Crippen LogP contribution in [0.4, 0.5) is 0 Å². The number of nitrogens with two attached hydrogens (primary N) is 1. The molecule has 0 radical (unpaired) electrons. The van der Waals surface area contributed by atoms with Gasteiger partial charge in [-0.25, -0.2) is 0 Å². The molecule has 2 aromatic carbocycles. The third-order valence-electron chi connectivity index (χ3n) is 5.74. The van der Waals surface area contributed by atoms with Crippen LogP contribution >= 0.6 is 12.4 Å². The fourth-order valence-corrected chi connectivity index (χ4v) is 3.42. The molecule has 0 heterocycles. The number of halogens is 1. The number of aliphatic hydroxyl groups excluding tert-OH is 1. The molecule has 28 heavy (non-hydrogen) atoms. The first-order valence-electron chi connectivity index (χ1n) is 10.7. The van der Waals surface area contributed by atoms with Crippen LogP contribution < -0.4 is 5.73 Å². The number of rotatable bonds is 12. The average molecular weight is 404 g/mol. The van der Waals surface area contributed by atoms with Crippen LogP contribution in [0.2, 0.25) is 0 Å². The van der Waals surface area contributed by atoms with Crippen molar-refractivity contribution in [2.24, 2.45) is 5.73 Å². The van der Waals surface area contributed by atoms with Gasteiger partial charge in [-0.3, -0.25) is 0 Å². The minimum atomic E-state index is -0.453. The highest BCUT2D eigenvalue weighted by atomic mass is 35.5. The lowest BCUT2D eigenvalue weighted by Crippen LogP contribution is -2.43. The molecule has 0 bridgehead atoms. The fraction of sp³-hybridized carbons (Fsp3) is 0.520. The van der Waals surface area contributed by atoms with E-state index in [9.17, 15) is 5.11 Å². The Balaban J connectivity index is 0.00000392. The molecule has 1 unspecified atom stereocenters. The van der Waals surface area contributed by atoms with E-state index in [2.05, 4.69) is 55.5 Å². The molecular formula is C25H38ClNO. The molecule has 0 saturated heterocycles. The molecule has 0 saturated carbocycles. The van der Waals surface area contributed by atoms with Gasteiger partial charge in [0.2, 0.25) is 0 Å². The Hall–Kier alpha value is -1.35. The standard InChI is InChI=1S/C25H37NO.ClH/c1-3-5-6-7-8-9-21-10-14-23(15-11-21)24-16-12-22(13-17-24)18-19-25(26,4-2)20-27;/h10-17,27H,3-9,18-20,26H2,1-2H3;1H. The average Bonchev–Trinajstić information content (AvgIpc) is 2.73. The van der Waals surface area contributed by atoms with Crippen LogP contribution in [0.5, 0.6) is 0 Å². The van der Waals surface area contributed by atoms with Crippen molar-refractivity contribution in [3.05, 3.63) is 59.7 Å². The Bertz CT molecular complexity index is 647. The number of aryl methyl sites for hydroxylation is 2. The highest BCUT2D eigenvalue weighted by molar-refractivity contribution is 5.85. The second kappa shape index (κ2) is 13.0. The first-order chi connectivity index (χ1) is 13.1. The van der Waals surface area contributed by atoms with Crippen LogP contribution in [0.25, 0.3) is 11.1 Å². The van der Waals surface area contributed by atoms with Crippen molar-refractivity contribution in [2.75, 3.05) is 6.61 Å². The van der Waals surface area contributed by atoms with Gasteiger partial charge in [-0.2, -0.15) is 0 Å². The van der Waals surface area contributed by atoms with E-state index in [1.165, 1.54) is 60.8 Å². The number of unbranched alkanes of at least 4 members (excludes halogenated alkanes) is 4. The van der Waals surface area contributed by atoms with Crippen LogP contribution in [0.3, 0.4) is 0 Å². The SMILES string of the molecule is CCCCCCCc1ccc(-c2ccc(CCC(N)(CC)CO)cc2)cc1.Cl. The Morgan fingerprint density at radius 2 is 1.25 bits per heavy atom. The Morgan fingerprint density at radius 3 is 1.71 bits per heavy atom. The zero-order valence-electron chi connectivity index (χ0n) is 17.6. The lowest BCUT2D eigenvalue weighted by atomic mass is 9.90. The molecule has 1 atom stereocenters. The maximum Gasteiger partial charge on any atom is 0.0611 e. The molecule has 0 aliphatic rings. The summed E-state index contributed by atoms with van der Waals surface area (Å²) in [6.45, 7) is 4.34. The van der Waals surface area contributed by atoms with Crippen molar-refractivity contribution in [2.45, 2.75) is 77.2 Å². The maximum absolute atomic E-state index is 9.45. The summed E-state index contributed by atoms with van der Waals surface area (Å²) in [5.74, 6) is 0. The van der Waals surface area contributed by atoms with Crippen LogP contribution in [0, 0.1) is 0 Å². The first-order valence-corrected chi connectivity index (χ1v) is 10.7. The monoisotopic (exact) mass is 403 g/mol. The van der Waals surface area contributed by atoms with Crippen molar-refractivity contribution < 1.29 is 5.11 Å². The predicted molar refractivity (Wildman–Crippen MR) is 124 cm³/mol. The molecule has 0 spiro atoms. The predicted octanol–water partition coefficient (Wildman–Crippen LogP) is 6.32. The van der Waals surface area contributed by atoms with Gasteiger partial charge in [-0.05, 0) is 54.4 Å². The van der Waals surface area contributed by atoms with Gasteiger partial charge in [0.1, 0.15) is 0 Å². The van der Waals surface area contributed by atoms with Gasteiger partial charge in [0.05, 0.1) is 6.61 Å². The lowest BCUT2D eigenvalue weighted by molar-refractivity contribution is 0.183. The summed E-state index contributed by atoms with van der Waals surface area (Å²) in [5.41, 5.74) is 11.0. The van der Waals surface area contributed by atoms with Gasteiger partial charge in [-0.15, -0.1) is 12.4 Å². The number of hydrogen-bond donors (Lipinski definition) is 2. The van der Waals surface area contributed by atoms with Gasteiger partial charge in [-0.1, -0.05) is 88.1 Å². The van der Waals surface area contributed by atoms with E-state index in [1.807, 2.05) is 6.92 Å². The van der Waals surface area contributed by atoms with Crippen LogP contribution in [-0.2, 0) is 12.8 Å². The van der Waals surface area contributed by atoms with Gasteiger partial charge in [0.25, 0.3) is 0 Å². The van der Waals surface area contributed by atoms with Crippen molar-refractivity contribution in [3.8, 4) is 11.1 Å². The van der Waals surface area contributed by atoms with E-state index < -0.39 is 5.54 Å². The lowest BCUT2D eigenvalue weighted by Gasteiger charge is -2.25. The largest absolute Gasteiger partial charge is 0.394 e. The summed E-state index contributed by atoms with van der Waals surface area (Å²) in [7, 11) is 0. The maximum atomic E-state index is 9.45. The molecule has 0 aromatic heterocycles. The highest BCUT2D eigenvalue weighted by Gasteiger charge is 2.20. The molecule has 156 valence electrons. The quantitative estimate of drug-likeness (QED) is 0.407. The fourth-order valence-electron chi connectivity index (χ4n) is 3.42. The first kappa shape index (κ1) is 24.7. The van der Waals surface area contributed by atoms with Crippen molar-refractivity contribution in [1.82, 2.24) is 0 Å². The van der Waals surface area contributed by atoms with Gasteiger partial charge < -0.3 is 10.8 Å². The van der Waals surface area contributed by atoms with Crippen molar-refractivity contribution >= 4 is 12.4 Å². The zero-order chi connectivity index (χ0) is 19.5. The van der Waals surface area contributed by atoms with E-state index in [0.29, 0.717) is 0 Å². The van der Waals surface area contributed by atoms with E-state index in [-0.39, 0.29) is 19.0 Å². The molecule has 0 aliphatic heterocycles. The highest BCUT2D eigenvalue weighted by Crippen LogP contribution is 2.22. The summed E-state index contributed by atoms with van der Waals surface area (Å²) in [6, 6.07) is 17.8. The third-order valence-corrected chi connectivity index (χ3v) is 5.74. The summed E-state index contributed by atoms with van der Waals surface area (Å²) in [4.78, 5) is 0. The second-order valence-electron chi connectivity index (χ2n) is 7.93. The Kier molecular flexibility index (Phi) is 11.4. The van der Waals surface area contributed by atoms with Crippen LogP contribution in [-0.4, -0.2) is 17.3 Å². The zero-order valence-corrected chi connectivity index (χ0v) is 18.4. The summed E-state index contributed by atoms with van der Waals surface area (Å²) >= 11 is 0. The van der Waals surface area contributed by atoms with Gasteiger partial charge in [0, 0.05) is 5.54 Å². The van der Waals surface area contributed by atoms with Gasteiger partial charge in [0.15, 0.2) is 0 Å². The molecule has 0 aliphatic carbocycles. The van der Waals surface area contributed by atoms with Crippen LogP contribution in [0.1, 0.15) is 69.9 Å². The smallest absolute Gasteiger partial charge is 0.0611 e. The van der Waals surface area contributed by atoms with Crippen molar-refractivity contribution in [3.63, 3.8) is 0 Å². The molecule has 2 nitrogen and oxygen atoms in total. The minimum Gasteiger partial charge on any atom is -0.394 e. The minimum absolute atomic E-state index is 0. The molecule has 0 fully saturated rings.